The molecule has 1 aromatic carbocycles. The van der Waals surface area contributed by atoms with Gasteiger partial charge in [-0.2, -0.15) is 0 Å². The Morgan fingerprint density at radius 3 is 2.35 bits per heavy atom. The molecule has 0 saturated carbocycles. The van der Waals surface area contributed by atoms with E-state index < -0.39 is 0 Å². The van der Waals surface area contributed by atoms with Crippen LogP contribution in [0, 0.1) is 0 Å². The summed E-state index contributed by atoms with van der Waals surface area (Å²) < 4.78 is 0. The molecule has 0 aromatic heterocycles. The zero-order valence-electron chi connectivity index (χ0n) is 10.2. The van der Waals surface area contributed by atoms with Gasteiger partial charge in [0, 0.05) is 29.7 Å². The summed E-state index contributed by atoms with van der Waals surface area (Å²) >= 11 is 18.1. The Balaban J connectivity index is 2.61. The maximum absolute atomic E-state index is 6.11. The largest absolute Gasteiger partial charge is 0.311 e. The Bertz CT molecular complexity index is 380. The monoisotopic (exact) mass is 294 g/mol. The van der Waals surface area contributed by atoms with E-state index in [0.29, 0.717) is 27.7 Å². The Kier molecular flexibility index (Phi) is 6.04. The Labute approximate surface area is 118 Å². The van der Waals surface area contributed by atoms with Gasteiger partial charge in [0.15, 0.2) is 0 Å². The summed E-state index contributed by atoms with van der Waals surface area (Å²) in [5.74, 6) is 0. The van der Waals surface area contributed by atoms with Crippen LogP contribution in [0.2, 0.25) is 15.1 Å². The van der Waals surface area contributed by atoms with E-state index in [1.807, 2.05) is 14.1 Å². The van der Waals surface area contributed by atoms with Crippen LogP contribution in [0.25, 0.3) is 0 Å². The van der Waals surface area contributed by atoms with E-state index in [2.05, 4.69) is 17.1 Å². The molecule has 1 atom stereocenters. The third-order valence-corrected chi connectivity index (χ3v) is 3.96. The number of rotatable bonds is 5. The fraction of sp³-hybridized carbons (Fsp3) is 0.500. The van der Waals surface area contributed by atoms with Crippen molar-refractivity contribution in [3.63, 3.8) is 0 Å². The number of hydrogen-bond acceptors (Lipinski definition) is 2. The molecule has 0 saturated heterocycles. The summed E-state index contributed by atoms with van der Waals surface area (Å²) in [6.45, 7) is 3.64. The molecular weight excluding hydrogens is 279 g/mol. The van der Waals surface area contributed by atoms with Gasteiger partial charge in [-0.3, -0.25) is 0 Å². The van der Waals surface area contributed by atoms with E-state index in [4.69, 9.17) is 34.8 Å². The minimum absolute atomic E-state index is 0.451. The van der Waals surface area contributed by atoms with Crippen molar-refractivity contribution in [2.45, 2.75) is 19.5 Å². The van der Waals surface area contributed by atoms with Gasteiger partial charge in [-0.25, -0.2) is 0 Å². The molecule has 17 heavy (non-hydrogen) atoms. The molecular formula is C12H17Cl3N2. The third kappa shape index (κ3) is 4.31. The van der Waals surface area contributed by atoms with E-state index in [-0.39, 0.29) is 0 Å². The lowest BCUT2D eigenvalue weighted by molar-refractivity contribution is 0.302. The molecule has 96 valence electrons. The van der Waals surface area contributed by atoms with Crippen molar-refractivity contribution in [2.24, 2.45) is 0 Å². The first-order valence-electron chi connectivity index (χ1n) is 5.43. The molecule has 1 aromatic rings. The first kappa shape index (κ1) is 15.1. The number of likely N-dealkylation sites (N-methyl/N-ethyl adjacent to an activating group) is 1. The highest BCUT2D eigenvalue weighted by molar-refractivity contribution is 6.44. The summed E-state index contributed by atoms with van der Waals surface area (Å²) in [4.78, 5) is 2.15. The van der Waals surface area contributed by atoms with Gasteiger partial charge in [0.25, 0.3) is 0 Å². The van der Waals surface area contributed by atoms with Crippen molar-refractivity contribution in [3.8, 4) is 0 Å². The van der Waals surface area contributed by atoms with Crippen molar-refractivity contribution >= 4 is 34.8 Å². The molecule has 1 N–H and O–H groups in total. The molecule has 0 fully saturated rings. The molecule has 0 amide bonds. The summed E-state index contributed by atoms with van der Waals surface area (Å²) in [6.07, 6.45) is 0. The lowest BCUT2D eigenvalue weighted by Crippen LogP contribution is -2.35. The summed E-state index contributed by atoms with van der Waals surface area (Å²) in [5.41, 5.74) is 0.854. The molecule has 5 heteroatoms. The Morgan fingerprint density at radius 1 is 1.18 bits per heavy atom. The van der Waals surface area contributed by atoms with Crippen molar-refractivity contribution in [3.05, 3.63) is 32.8 Å². The average Bonchev–Trinajstić information content (AvgIpc) is 2.28. The van der Waals surface area contributed by atoms with Crippen LogP contribution < -0.4 is 5.32 Å². The van der Waals surface area contributed by atoms with Gasteiger partial charge in [0.2, 0.25) is 0 Å². The molecule has 0 bridgehead atoms. The fourth-order valence-corrected chi connectivity index (χ4v) is 2.00. The molecule has 0 aliphatic rings. The van der Waals surface area contributed by atoms with E-state index >= 15 is 0 Å². The summed E-state index contributed by atoms with van der Waals surface area (Å²) in [6, 6.07) is 3.92. The predicted molar refractivity (Wildman–Crippen MR) is 76.3 cm³/mol. The number of benzene rings is 1. The second-order valence-electron chi connectivity index (χ2n) is 4.27. The SMILES string of the molecule is CC(CNCc1c(Cl)ccc(Cl)c1Cl)N(C)C. The topological polar surface area (TPSA) is 15.3 Å². The zero-order valence-corrected chi connectivity index (χ0v) is 12.5. The fourth-order valence-electron chi connectivity index (χ4n) is 1.32. The smallest absolute Gasteiger partial charge is 0.0652 e. The second-order valence-corrected chi connectivity index (χ2v) is 5.46. The lowest BCUT2D eigenvalue weighted by atomic mass is 10.2. The minimum Gasteiger partial charge on any atom is -0.311 e. The molecule has 0 spiro atoms. The van der Waals surface area contributed by atoms with Gasteiger partial charge in [-0.15, -0.1) is 0 Å². The van der Waals surface area contributed by atoms with E-state index in [0.717, 1.165) is 12.1 Å². The molecule has 1 unspecified atom stereocenters. The van der Waals surface area contributed by atoms with Gasteiger partial charge in [0.1, 0.15) is 0 Å². The maximum atomic E-state index is 6.11. The van der Waals surface area contributed by atoms with Gasteiger partial charge < -0.3 is 10.2 Å². The first-order chi connectivity index (χ1) is 7.93. The van der Waals surface area contributed by atoms with E-state index in [1.54, 1.807) is 12.1 Å². The molecule has 0 aliphatic heterocycles. The lowest BCUT2D eigenvalue weighted by Gasteiger charge is -2.20. The molecule has 0 aliphatic carbocycles. The van der Waals surface area contributed by atoms with Gasteiger partial charge >= 0.3 is 0 Å². The number of nitrogens with zero attached hydrogens (tertiary/aromatic N) is 1. The van der Waals surface area contributed by atoms with Crippen LogP contribution in [-0.4, -0.2) is 31.6 Å². The third-order valence-electron chi connectivity index (χ3n) is 2.76. The van der Waals surface area contributed by atoms with Crippen LogP contribution in [0.15, 0.2) is 12.1 Å². The van der Waals surface area contributed by atoms with E-state index in [1.165, 1.54) is 0 Å². The quantitative estimate of drug-likeness (QED) is 0.834. The minimum atomic E-state index is 0.451. The average molecular weight is 296 g/mol. The number of hydrogen-bond donors (Lipinski definition) is 1. The van der Waals surface area contributed by atoms with Crippen molar-refractivity contribution in [1.29, 1.82) is 0 Å². The standard InChI is InChI=1S/C12H17Cl3N2/c1-8(17(2)3)6-16-7-9-10(13)4-5-11(14)12(9)15/h4-5,8,16H,6-7H2,1-3H3. The Hall–Kier alpha value is 0.01000. The van der Waals surface area contributed by atoms with E-state index in [9.17, 15) is 0 Å². The van der Waals surface area contributed by atoms with Crippen LogP contribution in [0.4, 0.5) is 0 Å². The van der Waals surface area contributed by atoms with Crippen LogP contribution in [0.3, 0.4) is 0 Å². The zero-order chi connectivity index (χ0) is 13.0. The van der Waals surface area contributed by atoms with Crippen LogP contribution in [0.5, 0.6) is 0 Å². The molecule has 2 nitrogen and oxygen atoms in total. The van der Waals surface area contributed by atoms with Gasteiger partial charge in [0.05, 0.1) is 10.0 Å². The highest BCUT2D eigenvalue weighted by Crippen LogP contribution is 2.31. The summed E-state index contributed by atoms with van der Waals surface area (Å²) in [5, 5.41) is 5.03. The van der Waals surface area contributed by atoms with Gasteiger partial charge in [-0.05, 0) is 33.2 Å². The second kappa shape index (κ2) is 6.81. The highest BCUT2D eigenvalue weighted by Gasteiger charge is 2.10. The van der Waals surface area contributed by atoms with Crippen LogP contribution >= 0.6 is 34.8 Å². The van der Waals surface area contributed by atoms with Crippen molar-refractivity contribution in [1.82, 2.24) is 10.2 Å². The summed E-state index contributed by atoms with van der Waals surface area (Å²) in [7, 11) is 4.09. The number of halogens is 3. The molecule has 0 heterocycles. The predicted octanol–water partition coefficient (Wildman–Crippen LogP) is 3.69. The number of nitrogens with one attached hydrogen (secondary N) is 1. The molecule has 1 rings (SSSR count). The molecule has 0 radical (unpaired) electrons. The first-order valence-corrected chi connectivity index (χ1v) is 6.56. The van der Waals surface area contributed by atoms with Crippen molar-refractivity contribution < 1.29 is 0 Å². The highest BCUT2D eigenvalue weighted by atomic mass is 35.5. The maximum Gasteiger partial charge on any atom is 0.0652 e. The van der Waals surface area contributed by atoms with Gasteiger partial charge in [-0.1, -0.05) is 34.8 Å². The normalized spacial score (nSPS) is 13.1. The Morgan fingerprint density at radius 2 is 1.76 bits per heavy atom. The van der Waals surface area contributed by atoms with Crippen LogP contribution in [0.1, 0.15) is 12.5 Å². The van der Waals surface area contributed by atoms with Crippen molar-refractivity contribution in [2.75, 3.05) is 20.6 Å². The van der Waals surface area contributed by atoms with Crippen LogP contribution in [-0.2, 0) is 6.54 Å².